The maximum atomic E-state index is 2.47. The summed E-state index contributed by atoms with van der Waals surface area (Å²) in [4.78, 5) is 0. The molecule has 0 nitrogen and oxygen atoms in total. The third-order valence-corrected chi connectivity index (χ3v) is 8.27. The molecule has 1 heterocycles. The molecule has 1 heteroatoms. The largest absolute Gasteiger partial charge is 0.113 e. The smallest absolute Gasteiger partial charge is 0.0623 e. The topological polar surface area (TPSA) is 0 Å². The van der Waals surface area contributed by atoms with E-state index >= 15 is 0 Å². The molecular formula is C20H18Si. The molecule has 3 aromatic rings. The molecule has 1 aliphatic heterocycles. The molecule has 0 amide bonds. The number of benzene rings is 3. The van der Waals surface area contributed by atoms with Crippen LogP contribution in [0.2, 0.25) is 13.1 Å². The Labute approximate surface area is 127 Å². The number of fused-ring (bicyclic) bond motifs is 5. The third-order valence-electron chi connectivity index (χ3n) is 4.71. The predicted octanol–water partition coefficient (Wildman–Crippen LogP) is 4.16. The fraction of sp³-hybridized carbons (Fsp3) is 0.100. The molecule has 0 saturated carbocycles. The highest BCUT2D eigenvalue weighted by Crippen LogP contribution is 2.35. The summed E-state index contributed by atoms with van der Waals surface area (Å²) in [6.07, 6.45) is 0. The van der Waals surface area contributed by atoms with Crippen LogP contribution in [0.3, 0.4) is 0 Å². The minimum absolute atomic E-state index is 1.37. The highest BCUT2D eigenvalue weighted by molar-refractivity contribution is 7.02. The van der Waals surface area contributed by atoms with Gasteiger partial charge in [-0.3, -0.25) is 0 Å². The first-order chi connectivity index (χ1) is 10.2. The lowest BCUT2D eigenvalue weighted by atomic mass is 9.95. The van der Waals surface area contributed by atoms with Crippen LogP contribution in [-0.2, 0) is 0 Å². The lowest BCUT2D eigenvalue weighted by molar-refractivity contribution is 1.62. The molecule has 0 atom stereocenters. The Morgan fingerprint density at radius 3 is 1.24 bits per heavy atom. The van der Waals surface area contributed by atoms with Gasteiger partial charge in [0, 0.05) is 0 Å². The second kappa shape index (κ2) is 4.44. The normalized spacial score (nSPS) is 14.6. The van der Waals surface area contributed by atoms with Crippen molar-refractivity contribution in [1.82, 2.24) is 0 Å². The predicted molar refractivity (Wildman–Crippen MR) is 94.1 cm³/mol. The molecule has 0 unspecified atom stereocenters. The Hall–Kier alpha value is -2.12. The molecule has 1 aliphatic rings. The van der Waals surface area contributed by atoms with E-state index in [0.29, 0.717) is 0 Å². The Morgan fingerprint density at radius 1 is 0.476 bits per heavy atom. The first-order valence-corrected chi connectivity index (χ1v) is 10.5. The highest BCUT2D eigenvalue weighted by Gasteiger charge is 2.34. The summed E-state index contributed by atoms with van der Waals surface area (Å²) in [7, 11) is -1.68. The average molecular weight is 286 g/mol. The van der Waals surface area contributed by atoms with Crippen molar-refractivity contribution in [2.24, 2.45) is 0 Å². The van der Waals surface area contributed by atoms with E-state index in [2.05, 4.69) is 85.9 Å². The van der Waals surface area contributed by atoms with Gasteiger partial charge in [0.05, 0.1) is 0 Å². The van der Waals surface area contributed by atoms with Gasteiger partial charge in [-0.15, -0.1) is 0 Å². The van der Waals surface area contributed by atoms with Crippen LogP contribution >= 0.6 is 0 Å². The summed E-state index contributed by atoms with van der Waals surface area (Å²) in [6.45, 7) is 4.94. The zero-order valence-corrected chi connectivity index (χ0v) is 13.4. The highest BCUT2D eigenvalue weighted by atomic mass is 28.3. The molecule has 0 bridgehead atoms. The maximum Gasteiger partial charge on any atom is 0.113 e. The van der Waals surface area contributed by atoms with E-state index in [9.17, 15) is 0 Å². The number of rotatable bonds is 0. The molecule has 0 radical (unpaired) electrons. The average Bonchev–Trinajstić information content (AvgIpc) is 2.62. The molecule has 4 rings (SSSR count). The van der Waals surface area contributed by atoms with Crippen molar-refractivity contribution in [2.45, 2.75) is 13.1 Å². The van der Waals surface area contributed by atoms with Crippen molar-refractivity contribution >= 4 is 18.4 Å². The molecule has 3 aromatic carbocycles. The molecule has 0 aliphatic carbocycles. The van der Waals surface area contributed by atoms with Gasteiger partial charge in [-0.1, -0.05) is 85.9 Å². The Kier molecular flexibility index (Phi) is 2.66. The van der Waals surface area contributed by atoms with Crippen molar-refractivity contribution in [3.05, 3.63) is 72.8 Å². The Bertz CT molecular complexity index is 762. The van der Waals surface area contributed by atoms with Crippen molar-refractivity contribution in [1.29, 1.82) is 0 Å². The minimum atomic E-state index is -1.68. The summed E-state index contributed by atoms with van der Waals surface area (Å²) in [5, 5.41) is 3.09. The quantitative estimate of drug-likeness (QED) is 0.544. The van der Waals surface area contributed by atoms with Gasteiger partial charge in [-0.05, 0) is 32.6 Å². The van der Waals surface area contributed by atoms with E-state index in [-0.39, 0.29) is 0 Å². The van der Waals surface area contributed by atoms with E-state index in [4.69, 9.17) is 0 Å². The van der Waals surface area contributed by atoms with E-state index in [1.807, 2.05) is 0 Å². The van der Waals surface area contributed by atoms with E-state index < -0.39 is 8.07 Å². The summed E-state index contributed by atoms with van der Waals surface area (Å²) in [5.41, 5.74) is 5.58. The third kappa shape index (κ3) is 1.74. The SMILES string of the molecule is C[Si]1(C)c2ccccc2-c2ccccc2-c2ccccc21. The molecule has 102 valence electrons. The second-order valence-electron chi connectivity index (χ2n) is 6.26. The van der Waals surface area contributed by atoms with Crippen LogP contribution < -0.4 is 10.4 Å². The zero-order valence-electron chi connectivity index (χ0n) is 12.4. The molecule has 0 saturated heterocycles. The van der Waals surface area contributed by atoms with Crippen LogP contribution in [-0.4, -0.2) is 8.07 Å². The standard InChI is InChI=1S/C20H18Si/c1-21(2)19-13-7-5-11-17(19)15-9-3-4-10-16(15)18-12-6-8-14-20(18)21/h3-14H,1-2H3. The zero-order chi connectivity index (χ0) is 14.4. The molecule has 21 heavy (non-hydrogen) atoms. The fourth-order valence-corrected chi connectivity index (χ4v) is 6.72. The van der Waals surface area contributed by atoms with Gasteiger partial charge in [0.1, 0.15) is 8.07 Å². The lowest BCUT2D eigenvalue weighted by Gasteiger charge is -2.25. The van der Waals surface area contributed by atoms with Crippen LogP contribution in [0, 0.1) is 0 Å². The lowest BCUT2D eigenvalue weighted by Crippen LogP contribution is -2.53. The van der Waals surface area contributed by atoms with Crippen molar-refractivity contribution in [3.63, 3.8) is 0 Å². The monoisotopic (exact) mass is 286 g/mol. The van der Waals surface area contributed by atoms with Gasteiger partial charge in [0.25, 0.3) is 0 Å². The summed E-state index contributed by atoms with van der Waals surface area (Å²) >= 11 is 0. The molecule has 0 aromatic heterocycles. The van der Waals surface area contributed by atoms with Crippen LogP contribution in [0.4, 0.5) is 0 Å². The summed E-state index contributed by atoms with van der Waals surface area (Å²) < 4.78 is 0. The Morgan fingerprint density at radius 2 is 0.810 bits per heavy atom. The van der Waals surface area contributed by atoms with E-state index in [1.54, 1.807) is 10.4 Å². The van der Waals surface area contributed by atoms with Crippen LogP contribution in [0.15, 0.2) is 72.8 Å². The fourth-order valence-electron chi connectivity index (χ4n) is 3.62. The van der Waals surface area contributed by atoms with Gasteiger partial charge in [0.2, 0.25) is 0 Å². The van der Waals surface area contributed by atoms with E-state index in [0.717, 1.165) is 0 Å². The summed E-state index contributed by atoms with van der Waals surface area (Å²) in [5.74, 6) is 0. The van der Waals surface area contributed by atoms with Gasteiger partial charge in [-0.2, -0.15) is 0 Å². The second-order valence-corrected chi connectivity index (χ2v) is 10.6. The molecular weight excluding hydrogens is 268 g/mol. The van der Waals surface area contributed by atoms with Gasteiger partial charge in [0.15, 0.2) is 0 Å². The van der Waals surface area contributed by atoms with Crippen molar-refractivity contribution < 1.29 is 0 Å². The minimum Gasteiger partial charge on any atom is -0.0623 e. The molecule has 0 spiro atoms. The van der Waals surface area contributed by atoms with Crippen LogP contribution in [0.1, 0.15) is 0 Å². The number of hydrogen-bond donors (Lipinski definition) is 0. The summed E-state index contributed by atoms with van der Waals surface area (Å²) in [6, 6.07) is 26.8. The van der Waals surface area contributed by atoms with Gasteiger partial charge < -0.3 is 0 Å². The van der Waals surface area contributed by atoms with Gasteiger partial charge >= 0.3 is 0 Å². The number of hydrogen-bond acceptors (Lipinski definition) is 0. The first kappa shape index (κ1) is 12.6. The van der Waals surface area contributed by atoms with Crippen LogP contribution in [0.5, 0.6) is 0 Å². The van der Waals surface area contributed by atoms with Crippen LogP contribution in [0.25, 0.3) is 22.3 Å². The molecule has 0 N–H and O–H groups in total. The first-order valence-electron chi connectivity index (χ1n) is 7.48. The maximum absolute atomic E-state index is 2.47. The Balaban J connectivity index is 2.21. The molecule has 0 fully saturated rings. The van der Waals surface area contributed by atoms with Crippen molar-refractivity contribution in [3.8, 4) is 22.3 Å². The van der Waals surface area contributed by atoms with E-state index in [1.165, 1.54) is 22.3 Å². The van der Waals surface area contributed by atoms with Gasteiger partial charge in [-0.25, -0.2) is 0 Å². The van der Waals surface area contributed by atoms with Crippen molar-refractivity contribution in [2.75, 3.05) is 0 Å².